The van der Waals surface area contributed by atoms with Gasteiger partial charge in [-0.1, -0.05) is 12.2 Å². The number of rotatable bonds is 8. The van der Waals surface area contributed by atoms with E-state index in [-0.39, 0.29) is 5.60 Å². The van der Waals surface area contributed by atoms with E-state index in [1.807, 2.05) is 39.8 Å². The van der Waals surface area contributed by atoms with Crippen LogP contribution in [0.5, 0.6) is 0 Å². The summed E-state index contributed by atoms with van der Waals surface area (Å²) in [7, 11) is 0. The predicted molar refractivity (Wildman–Crippen MR) is 62.2 cm³/mol. The molecule has 0 heterocycles. The minimum absolute atomic E-state index is 0.0776. The van der Waals surface area contributed by atoms with Crippen molar-refractivity contribution in [2.24, 2.45) is 0 Å². The zero-order valence-electron chi connectivity index (χ0n) is 10.4. The van der Waals surface area contributed by atoms with Gasteiger partial charge in [-0.3, -0.25) is 0 Å². The number of hydrogen-bond donors (Lipinski definition) is 0. The SMILES string of the molecule is CC=CCOCCOCCOC(C)(C)C. The van der Waals surface area contributed by atoms with E-state index in [0.717, 1.165) is 0 Å². The lowest BCUT2D eigenvalue weighted by Crippen LogP contribution is -2.22. The van der Waals surface area contributed by atoms with Crippen LogP contribution in [0.3, 0.4) is 0 Å². The Morgan fingerprint density at radius 2 is 1.53 bits per heavy atom. The van der Waals surface area contributed by atoms with Gasteiger partial charge in [0, 0.05) is 0 Å². The Morgan fingerprint density at radius 3 is 2.13 bits per heavy atom. The van der Waals surface area contributed by atoms with Crippen molar-refractivity contribution in [3.63, 3.8) is 0 Å². The first-order valence-electron chi connectivity index (χ1n) is 5.47. The molecule has 90 valence electrons. The van der Waals surface area contributed by atoms with Gasteiger partial charge in [0.1, 0.15) is 0 Å². The molecule has 15 heavy (non-hydrogen) atoms. The van der Waals surface area contributed by atoms with Crippen molar-refractivity contribution in [3.05, 3.63) is 12.2 Å². The fourth-order valence-corrected chi connectivity index (χ4v) is 0.874. The van der Waals surface area contributed by atoms with Gasteiger partial charge in [-0.2, -0.15) is 0 Å². The Balaban J connectivity index is 3.05. The minimum Gasteiger partial charge on any atom is -0.377 e. The van der Waals surface area contributed by atoms with Crippen LogP contribution in [0.1, 0.15) is 27.7 Å². The summed E-state index contributed by atoms with van der Waals surface area (Å²) >= 11 is 0. The van der Waals surface area contributed by atoms with Gasteiger partial charge >= 0.3 is 0 Å². The van der Waals surface area contributed by atoms with Crippen molar-refractivity contribution in [2.75, 3.05) is 33.0 Å². The second-order valence-corrected chi connectivity index (χ2v) is 4.22. The lowest BCUT2D eigenvalue weighted by Gasteiger charge is -2.19. The molecule has 0 atom stereocenters. The number of ether oxygens (including phenoxy) is 3. The lowest BCUT2D eigenvalue weighted by atomic mass is 10.2. The normalized spacial score (nSPS) is 12.5. The summed E-state index contributed by atoms with van der Waals surface area (Å²) in [5, 5.41) is 0. The highest BCUT2D eigenvalue weighted by molar-refractivity contribution is 4.75. The molecule has 0 aromatic rings. The monoisotopic (exact) mass is 216 g/mol. The standard InChI is InChI=1S/C12H24O3/c1-5-6-7-13-8-9-14-10-11-15-12(2,3)4/h5-6H,7-11H2,1-4H3. The summed E-state index contributed by atoms with van der Waals surface area (Å²) in [6.45, 7) is 11.3. The van der Waals surface area contributed by atoms with Crippen molar-refractivity contribution < 1.29 is 14.2 Å². The first kappa shape index (κ1) is 14.6. The van der Waals surface area contributed by atoms with Crippen molar-refractivity contribution >= 4 is 0 Å². The van der Waals surface area contributed by atoms with Crippen LogP contribution in [0.2, 0.25) is 0 Å². The second kappa shape index (κ2) is 8.89. The Morgan fingerprint density at radius 1 is 0.933 bits per heavy atom. The van der Waals surface area contributed by atoms with E-state index in [9.17, 15) is 0 Å². The zero-order valence-corrected chi connectivity index (χ0v) is 10.4. The molecule has 0 aromatic heterocycles. The number of hydrogen-bond acceptors (Lipinski definition) is 3. The van der Waals surface area contributed by atoms with Crippen LogP contribution in [-0.4, -0.2) is 38.6 Å². The maximum absolute atomic E-state index is 5.50. The van der Waals surface area contributed by atoms with Gasteiger partial charge < -0.3 is 14.2 Å². The van der Waals surface area contributed by atoms with Crippen LogP contribution in [-0.2, 0) is 14.2 Å². The van der Waals surface area contributed by atoms with Gasteiger partial charge in [0.05, 0.1) is 38.6 Å². The summed E-state index contributed by atoms with van der Waals surface area (Å²) in [6, 6.07) is 0. The van der Waals surface area contributed by atoms with Crippen molar-refractivity contribution in [1.82, 2.24) is 0 Å². The molecule has 0 saturated carbocycles. The van der Waals surface area contributed by atoms with E-state index in [2.05, 4.69) is 0 Å². The Labute approximate surface area is 93.4 Å². The average molecular weight is 216 g/mol. The third kappa shape index (κ3) is 13.6. The quantitative estimate of drug-likeness (QED) is 0.460. The largest absolute Gasteiger partial charge is 0.377 e. The van der Waals surface area contributed by atoms with Gasteiger partial charge in [-0.25, -0.2) is 0 Å². The highest BCUT2D eigenvalue weighted by Crippen LogP contribution is 2.05. The molecule has 0 fully saturated rings. The molecular formula is C12H24O3. The Bertz CT molecular complexity index is 159. The van der Waals surface area contributed by atoms with Gasteiger partial charge in [0.2, 0.25) is 0 Å². The molecule has 3 heteroatoms. The molecule has 0 spiro atoms. The Hall–Kier alpha value is -0.380. The van der Waals surface area contributed by atoms with Gasteiger partial charge in [-0.15, -0.1) is 0 Å². The smallest absolute Gasteiger partial charge is 0.0707 e. The van der Waals surface area contributed by atoms with Crippen molar-refractivity contribution in [3.8, 4) is 0 Å². The first-order chi connectivity index (χ1) is 7.06. The molecule has 0 saturated heterocycles. The summed E-state index contributed by atoms with van der Waals surface area (Å²) in [5.74, 6) is 0. The van der Waals surface area contributed by atoms with E-state index < -0.39 is 0 Å². The van der Waals surface area contributed by atoms with E-state index >= 15 is 0 Å². The Kier molecular flexibility index (Phi) is 8.67. The summed E-state index contributed by atoms with van der Waals surface area (Å²) in [4.78, 5) is 0. The maximum atomic E-state index is 5.50. The predicted octanol–water partition coefficient (Wildman–Crippen LogP) is 2.41. The van der Waals surface area contributed by atoms with Crippen LogP contribution in [0.4, 0.5) is 0 Å². The molecule has 0 aromatic carbocycles. The fraction of sp³-hybridized carbons (Fsp3) is 0.833. The third-order valence-corrected chi connectivity index (χ3v) is 1.58. The topological polar surface area (TPSA) is 27.7 Å². The summed E-state index contributed by atoms with van der Waals surface area (Å²) in [5.41, 5.74) is -0.0776. The molecule has 3 nitrogen and oxygen atoms in total. The average Bonchev–Trinajstić information content (AvgIpc) is 2.14. The van der Waals surface area contributed by atoms with E-state index in [0.29, 0.717) is 33.0 Å². The molecule has 0 bridgehead atoms. The van der Waals surface area contributed by atoms with Crippen LogP contribution in [0.15, 0.2) is 12.2 Å². The minimum atomic E-state index is -0.0776. The highest BCUT2D eigenvalue weighted by Gasteiger charge is 2.08. The summed E-state index contributed by atoms with van der Waals surface area (Å²) in [6.07, 6.45) is 3.95. The lowest BCUT2D eigenvalue weighted by molar-refractivity contribution is -0.0414. The molecule has 0 N–H and O–H groups in total. The molecule has 0 radical (unpaired) electrons. The summed E-state index contributed by atoms with van der Waals surface area (Å²) < 4.78 is 16.1. The zero-order chi connectivity index (χ0) is 11.6. The molecular weight excluding hydrogens is 192 g/mol. The van der Waals surface area contributed by atoms with Crippen LogP contribution >= 0.6 is 0 Å². The fourth-order valence-electron chi connectivity index (χ4n) is 0.874. The molecule has 0 aliphatic rings. The molecule has 0 amide bonds. The van der Waals surface area contributed by atoms with E-state index in [4.69, 9.17) is 14.2 Å². The van der Waals surface area contributed by atoms with Gasteiger partial charge in [0.25, 0.3) is 0 Å². The van der Waals surface area contributed by atoms with Crippen LogP contribution in [0.25, 0.3) is 0 Å². The van der Waals surface area contributed by atoms with Gasteiger partial charge in [-0.05, 0) is 27.7 Å². The van der Waals surface area contributed by atoms with Gasteiger partial charge in [0.15, 0.2) is 0 Å². The molecule has 0 aliphatic carbocycles. The highest BCUT2D eigenvalue weighted by atomic mass is 16.5. The first-order valence-corrected chi connectivity index (χ1v) is 5.47. The van der Waals surface area contributed by atoms with Crippen molar-refractivity contribution in [1.29, 1.82) is 0 Å². The van der Waals surface area contributed by atoms with Crippen LogP contribution in [0, 0.1) is 0 Å². The van der Waals surface area contributed by atoms with E-state index in [1.54, 1.807) is 0 Å². The second-order valence-electron chi connectivity index (χ2n) is 4.22. The third-order valence-electron chi connectivity index (χ3n) is 1.58. The van der Waals surface area contributed by atoms with E-state index in [1.165, 1.54) is 0 Å². The van der Waals surface area contributed by atoms with Crippen LogP contribution < -0.4 is 0 Å². The maximum Gasteiger partial charge on any atom is 0.0707 e. The molecule has 0 rings (SSSR count). The molecule has 0 aliphatic heterocycles. The number of allylic oxidation sites excluding steroid dienone is 1. The molecule has 0 unspecified atom stereocenters. The van der Waals surface area contributed by atoms with Crippen molar-refractivity contribution in [2.45, 2.75) is 33.3 Å².